The lowest BCUT2D eigenvalue weighted by atomic mass is 10.0. The summed E-state index contributed by atoms with van der Waals surface area (Å²) < 4.78 is 33.0. The third kappa shape index (κ3) is 4.61. The number of rotatable bonds is 7. The minimum atomic E-state index is -0.274. The van der Waals surface area contributed by atoms with Crippen LogP contribution < -0.4 is 10.1 Å². The van der Waals surface area contributed by atoms with E-state index in [4.69, 9.17) is 4.74 Å². The molecule has 4 rings (SSSR count). The van der Waals surface area contributed by atoms with Crippen molar-refractivity contribution in [1.82, 2.24) is 5.32 Å². The molecule has 0 aromatic heterocycles. The largest absolute Gasteiger partial charge is 0.488 e. The van der Waals surface area contributed by atoms with Crippen LogP contribution in [0.3, 0.4) is 0 Å². The van der Waals surface area contributed by atoms with Crippen LogP contribution in [-0.2, 0) is 19.7 Å². The lowest BCUT2D eigenvalue weighted by Crippen LogP contribution is -2.14. The average Bonchev–Trinajstić information content (AvgIpc) is 2.75. The molecule has 0 unspecified atom stereocenters. The number of nitrogens with one attached hydrogen (secondary N) is 1. The van der Waals surface area contributed by atoms with Gasteiger partial charge in [0.1, 0.15) is 24.0 Å². The zero-order valence-electron chi connectivity index (χ0n) is 15.9. The van der Waals surface area contributed by atoms with E-state index in [-0.39, 0.29) is 18.2 Å². The molecule has 0 atom stereocenters. The number of halogens is 2. The summed E-state index contributed by atoms with van der Waals surface area (Å²) in [5, 5.41) is 5.61. The van der Waals surface area contributed by atoms with Crippen molar-refractivity contribution in [3.05, 3.63) is 113 Å². The SMILES string of the molecule is Fc1ccc(CNCc2c(OCc3ccccc3F)ccc3ccccc23)cc1. The highest BCUT2D eigenvalue weighted by Gasteiger charge is 2.10. The number of benzene rings is 4. The van der Waals surface area contributed by atoms with Crippen LogP contribution >= 0.6 is 0 Å². The van der Waals surface area contributed by atoms with Gasteiger partial charge in [0, 0.05) is 24.2 Å². The van der Waals surface area contributed by atoms with Crippen LogP contribution in [0.15, 0.2) is 84.9 Å². The number of ether oxygens (including phenoxy) is 1. The molecular weight excluding hydrogens is 368 g/mol. The fraction of sp³-hybridized carbons (Fsp3) is 0.120. The van der Waals surface area contributed by atoms with Gasteiger partial charge in [0.2, 0.25) is 0 Å². The number of hydrogen-bond acceptors (Lipinski definition) is 2. The Kier molecular flexibility index (Phi) is 5.82. The molecule has 0 fully saturated rings. The molecule has 0 saturated carbocycles. The maximum atomic E-state index is 13.9. The first kappa shape index (κ1) is 19.1. The van der Waals surface area contributed by atoms with Gasteiger partial charge in [-0.05, 0) is 40.6 Å². The monoisotopic (exact) mass is 389 g/mol. The molecule has 4 heteroatoms. The molecule has 0 aliphatic rings. The number of fused-ring (bicyclic) bond motifs is 1. The molecule has 4 aromatic rings. The van der Waals surface area contributed by atoms with Crippen molar-refractivity contribution < 1.29 is 13.5 Å². The standard InChI is InChI=1S/C25H21F2NO/c26-21-12-9-18(10-13-21)15-28-16-23-22-7-3-1-5-19(22)11-14-25(23)29-17-20-6-2-4-8-24(20)27/h1-14,28H,15-17H2. The van der Waals surface area contributed by atoms with Crippen LogP contribution in [0, 0.1) is 11.6 Å². The first-order valence-corrected chi connectivity index (χ1v) is 9.53. The highest BCUT2D eigenvalue weighted by molar-refractivity contribution is 5.87. The molecular formula is C25H21F2NO. The Labute approximate surface area is 168 Å². The predicted molar refractivity (Wildman–Crippen MR) is 112 cm³/mol. The molecule has 2 nitrogen and oxygen atoms in total. The molecule has 29 heavy (non-hydrogen) atoms. The van der Waals surface area contributed by atoms with Crippen molar-refractivity contribution in [3.8, 4) is 5.75 Å². The summed E-state index contributed by atoms with van der Waals surface area (Å²) in [6, 6.07) is 25.1. The van der Waals surface area contributed by atoms with Gasteiger partial charge in [0.15, 0.2) is 0 Å². The van der Waals surface area contributed by atoms with E-state index in [1.807, 2.05) is 24.3 Å². The lowest BCUT2D eigenvalue weighted by molar-refractivity contribution is 0.296. The third-order valence-corrected chi connectivity index (χ3v) is 4.88. The van der Waals surface area contributed by atoms with Crippen molar-refractivity contribution in [2.24, 2.45) is 0 Å². The zero-order chi connectivity index (χ0) is 20.1. The van der Waals surface area contributed by atoms with E-state index in [0.717, 1.165) is 27.6 Å². The van der Waals surface area contributed by atoms with Crippen molar-refractivity contribution in [1.29, 1.82) is 0 Å². The summed E-state index contributed by atoms with van der Waals surface area (Å²) in [6.07, 6.45) is 0. The van der Waals surface area contributed by atoms with E-state index in [0.29, 0.717) is 18.7 Å². The lowest BCUT2D eigenvalue weighted by Gasteiger charge is -2.15. The van der Waals surface area contributed by atoms with Gasteiger partial charge in [0.25, 0.3) is 0 Å². The van der Waals surface area contributed by atoms with Crippen LogP contribution in [-0.4, -0.2) is 0 Å². The maximum Gasteiger partial charge on any atom is 0.129 e. The van der Waals surface area contributed by atoms with Crippen molar-refractivity contribution in [2.45, 2.75) is 19.7 Å². The summed E-state index contributed by atoms with van der Waals surface area (Å²) in [5.41, 5.74) is 2.54. The molecule has 0 amide bonds. The quantitative estimate of drug-likeness (QED) is 0.419. The van der Waals surface area contributed by atoms with E-state index in [2.05, 4.69) is 17.4 Å². The van der Waals surface area contributed by atoms with Crippen LogP contribution in [0.2, 0.25) is 0 Å². The smallest absolute Gasteiger partial charge is 0.129 e. The first-order chi connectivity index (χ1) is 14.2. The van der Waals surface area contributed by atoms with Gasteiger partial charge < -0.3 is 10.1 Å². The van der Waals surface area contributed by atoms with E-state index in [1.54, 1.807) is 30.3 Å². The van der Waals surface area contributed by atoms with Crippen LogP contribution in [0.25, 0.3) is 10.8 Å². The van der Waals surface area contributed by atoms with Crippen LogP contribution in [0.1, 0.15) is 16.7 Å². The van der Waals surface area contributed by atoms with Crippen LogP contribution in [0.5, 0.6) is 5.75 Å². The second-order valence-corrected chi connectivity index (χ2v) is 6.87. The van der Waals surface area contributed by atoms with E-state index in [9.17, 15) is 8.78 Å². The Bertz CT molecular complexity index is 1110. The molecule has 0 saturated heterocycles. The normalized spacial score (nSPS) is 11.0. The molecule has 0 bridgehead atoms. The Hall–Kier alpha value is -3.24. The third-order valence-electron chi connectivity index (χ3n) is 4.88. The molecule has 146 valence electrons. The van der Waals surface area contributed by atoms with Gasteiger partial charge >= 0.3 is 0 Å². The fourth-order valence-electron chi connectivity index (χ4n) is 3.34. The zero-order valence-corrected chi connectivity index (χ0v) is 15.9. The predicted octanol–water partition coefficient (Wildman–Crippen LogP) is 5.99. The van der Waals surface area contributed by atoms with Gasteiger partial charge in [-0.3, -0.25) is 0 Å². The van der Waals surface area contributed by atoms with Gasteiger partial charge in [-0.1, -0.05) is 60.7 Å². The minimum Gasteiger partial charge on any atom is -0.488 e. The maximum absolute atomic E-state index is 13.9. The Morgan fingerprint density at radius 2 is 1.48 bits per heavy atom. The van der Waals surface area contributed by atoms with Crippen LogP contribution in [0.4, 0.5) is 8.78 Å². The molecule has 1 N–H and O–H groups in total. The van der Waals surface area contributed by atoms with Gasteiger partial charge in [-0.2, -0.15) is 0 Å². The molecule has 4 aromatic carbocycles. The second-order valence-electron chi connectivity index (χ2n) is 6.87. The molecule has 0 radical (unpaired) electrons. The van der Waals surface area contributed by atoms with Crippen molar-refractivity contribution >= 4 is 10.8 Å². The second kappa shape index (κ2) is 8.84. The highest BCUT2D eigenvalue weighted by atomic mass is 19.1. The summed E-state index contributed by atoms with van der Waals surface area (Å²) in [7, 11) is 0. The topological polar surface area (TPSA) is 21.3 Å². The van der Waals surface area contributed by atoms with Gasteiger partial charge in [-0.25, -0.2) is 8.78 Å². The molecule has 0 heterocycles. The molecule has 0 aliphatic carbocycles. The Morgan fingerprint density at radius 3 is 2.31 bits per heavy atom. The Morgan fingerprint density at radius 1 is 0.724 bits per heavy atom. The average molecular weight is 389 g/mol. The number of hydrogen-bond donors (Lipinski definition) is 1. The van der Waals surface area contributed by atoms with E-state index in [1.165, 1.54) is 18.2 Å². The first-order valence-electron chi connectivity index (χ1n) is 9.53. The summed E-state index contributed by atoms with van der Waals surface area (Å²) in [6.45, 7) is 1.34. The molecule has 0 aliphatic heterocycles. The van der Waals surface area contributed by atoms with E-state index >= 15 is 0 Å². The Balaban J connectivity index is 1.55. The van der Waals surface area contributed by atoms with E-state index < -0.39 is 0 Å². The minimum absolute atomic E-state index is 0.163. The van der Waals surface area contributed by atoms with Gasteiger partial charge in [0.05, 0.1) is 0 Å². The molecule has 0 spiro atoms. The highest BCUT2D eigenvalue weighted by Crippen LogP contribution is 2.29. The van der Waals surface area contributed by atoms with Gasteiger partial charge in [-0.15, -0.1) is 0 Å². The van der Waals surface area contributed by atoms with Crippen molar-refractivity contribution in [3.63, 3.8) is 0 Å². The fourth-order valence-corrected chi connectivity index (χ4v) is 3.34. The van der Waals surface area contributed by atoms with Crippen molar-refractivity contribution in [2.75, 3.05) is 0 Å². The summed E-state index contributed by atoms with van der Waals surface area (Å²) >= 11 is 0. The summed E-state index contributed by atoms with van der Waals surface area (Å²) in [4.78, 5) is 0. The summed E-state index contributed by atoms with van der Waals surface area (Å²) in [5.74, 6) is 0.203.